The Bertz CT molecular complexity index is 1060. The van der Waals surface area contributed by atoms with Gasteiger partial charge in [-0.3, -0.25) is 9.59 Å². The van der Waals surface area contributed by atoms with Gasteiger partial charge in [0, 0.05) is 17.7 Å². The lowest BCUT2D eigenvalue weighted by atomic mass is 9.95. The molecule has 1 aliphatic heterocycles. The van der Waals surface area contributed by atoms with Crippen LogP contribution in [0.4, 0.5) is 4.39 Å². The Labute approximate surface area is 195 Å². The number of carbonyl (C=O) groups is 2. The van der Waals surface area contributed by atoms with Crippen molar-refractivity contribution in [2.24, 2.45) is 0 Å². The predicted octanol–water partition coefficient (Wildman–Crippen LogP) is 4.51. The molecule has 1 fully saturated rings. The highest BCUT2D eigenvalue weighted by molar-refractivity contribution is 6.46. The van der Waals surface area contributed by atoms with Gasteiger partial charge in [-0.25, -0.2) is 4.39 Å². The molecule has 2 aromatic carbocycles. The van der Waals surface area contributed by atoms with Crippen LogP contribution in [0.1, 0.15) is 23.6 Å². The molecule has 0 aliphatic carbocycles. The SMILES string of the molecule is COc1c(Cl)cc(/C(O)=C2\C(=O)C(=O)N(CCCN(C)C)C2c2ccccc2F)cc1Cl. The minimum absolute atomic E-state index is 0.115. The average molecular weight is 481 g/mol. The van der Waals surface area contributed by atoms with E-state index in [1.165, 1.54) is 42.3 Å². The second kappa shape index (κ2) is 9.90. The third kappa shape index (κ3) is 4.60. The van der Waals surface area contributed by atoms with Gasteiger partial charge in [-0.05, 0) is 45.3 Å². The molecule has 0 bridgehead atoms. The van der Waals surface area contributed by atoms with Crippen LogP contribution in [0.5, 0.6) is 5.75 Å². The average Bonchev–Trinajstić information content (AvgIpc) is 2.98. The molecule has 0 spiro atoms. The molecule has 1 N–H and O–H groups in total. The quantitative estimate of drug-likeness (QED) is 0.358. The highest BCUT2D eigenvalue weighted by atomic mass is 35.5. The zero-order valence-electron chi connectivity index (χ0n) is 17.9. The van der Waals surface area contributed by atoms with E-state index in [0.717, 1.165) is 0 Å². The van der Waals surface area contributed by atoms with Crippen molar-refractivity contribution in [3.8, 4) is 5.75 Å². The van der Waals surface area contributed by atoms with Crippen molar-refractivity contribution in [3.05, 3.63) is 69.0 Å². The van der Waals surface area contributed by atoms with Crippen LogP contribution < -0.4 is 4.74 Å². The molecule has 1 aliphatic rings. The van der Waals surface area contributed by atoms with E-state index in [9.17, 15) is 19.1 Å². The lowest BCUT2D eigenvalue weighted by molar-refractivity contribution is -0.140. The fourth-order valence-corrected chi connectivity index (χ4v) is 4.38. The summed E-state index contributed by atoms with van der Waals surface area (Å²) in [5.74, 6) is -2.57. The summed E-state index contributed by atoms with van der Waals surface area (Å²) in [7, 11) is 5.17. The molecule has 1 atom stereocenters. The molecule has 32 heavy (non-hydrogen) atoms. The Morgan fingerprint density at radius 3 is 2.38 bits per heavy atom. The molecule has 170 valence electrons. The number of aliphatic hydroxyl groups excluding tert-OH is 1. The van der Waals surface area contributed by atoms with Gasteiger partial charge in [0.25, 0.3) is 11.7 Å². The molecule has 0 saturated carbocycles. The summed E-state index contributed by atoms with van der Waals surface area (Å²) < 4.78 is 19.9. The summed E-state index contributed by atoms with van der Waals surface area (Å²) in [5.41, 5.74) is 0.0134. The Morgan fingerprint density at radius 1 is 1.19 bits per heavy atom. The van der Waals surface area contributed by atoms with Crippen LogP contribution in [-0.4, -0.2) is 60.9 Å². The number of nitrogens with zero attached hydrogens (tertiary/aromatic N) is 2. The first kappa shape index (κ1) is 24.0. The number of ketones is 1. The Hall–Kier alpha value is -2.61. The second-order valence-corrected chi connectivity index (χ2v) is 8.46. The summed E-state index contributed by atoms with van der Waals surface area (Å²) in [6.07, 6.45) is 0.561. The number of ether oxygens (including phenoxy) is 1. The maximum atomic E-state index is 14.8. The molecule has 0 aromatic heterocycles. The molecule has 1 heterocycles. The van der Waals surface area contributed by atoms with Gasteiger partial charge >= 0.3 is 0 Å². The third-order valence-electron chi connectivity index (χ3n) is 5.22. The van der Waals surface area contributed by atoms with Gasteiger partial charge in [-0.2, -0.15) is 0 Å². The van der Waals surface area contributed by atoms with Gasteiger partial charge in [0.05, 0.1) is 28.8 Å². The summed E-state index contributed by atoms with van der Waals surface area (Å²) in [5, 5.41) is 11.3. The van der Waals surface area contributed by atoms with E-state index in [0.29, 0.717) is 13.0 Å². The number of aliphatic hydroxyl groups is 1. The van der Waals surface area contributed by atoms with Crippen molar-refractivity contribution in [1.82, 2.24) is 9.80 Å². The summed E-state index contributed by atoms with van der Waals surface area (Å²) in [4.78, 5) is 29.1. The molecule has 0 radical (unpaired) electrons. The van der Waals surface area contributed by atoms with E-state index >= 15 is 0 Å². The van der Waals surface area contributed by atoms with Gasteiger partial charge in [0.1, 0.15) is 11.6 Å². The van der Waals surface area contributed by atoms with Crippen LogP contribution in [0.2, 0.25) is 10.0 Å². The first-order chi connectivity index (χ1) is 15.2. The summed E-state index contributed by atoms with van der Waals surface area (Å²) >= 11 is 12.4. The van der Waals surface area contributed by atoms with Crippen molar-refractivity contribution >= 4 is 40.7 Å². The molecular formula is C23H23Cl2FN2O4. The largest absolute Gasteiger partial charge is 0.507 e. The highest BCUT2D eigenvalue weighted by Crippen LogP contribution is 2.42. The van der Waals surface area contributed by atoms with Gasteiger partial charge in [-0.15, -0.1) is 0 Å². The van der Waals surface area contributed by atoms with E-state index in [1.807, 2.05) is 19.0 Å². The number of benzene rings is 2. The number of hydrogen-bond acceptors (Lipinski definition) is 5. The molecule has 1 unspecified atom stereocenters. The maximum Gasteiger partial charge on any atom is 0.295 e. The van der Waals surface area contributed by atoms with E-state index in [4.69, 9.17) is 27.9 Å². The van der Waals surface area contributed by atoms with E-state index in [-0.39, 0.29) is 39.0 Å². The number of rotatable bonds is 7. The van der Waals surface area contributed by atoms with Crippen LogP contribution in [0.25, 0.3) is 5.76 Å². The normalized spacial score (nSPS) is 18.0. The Balaban J connectivity index is 2.16. The van der Waals surface area contributed by atoms with E-state index in [1.54, 1.807) is 6.07 Å². The minimum Gasteiger partial charge on any atom is -0.507 e. The standard InChI is InChI=1S/C23H23Cl2FN2O4/c1-27(2)9-6-10-28-19(14-7-4-5-8-17(14)26)18(21(30)23(28)31)20(29)13-11-15(24)22(32-3)16(25)12-13/h4-5,7-8,11-12,19,29H,6,9-10H2,1-3H3/b20-18+. The Kier molecular flexibility index (Phi) is 7.44. The smallest absolute Gasteiger partial charge is 0.295 e. The van der Waals surface area contributed by atoms with Crippen LogP contribution in [0.15, 0.2) is 42.0 Å². The van der Waals surface area contributed by atoms with Crippen molar-refractivity contribution < 1.29 is 23.8 Å². The highest BCUT2D eigenvalue weighted by Gasteiger charge is 2.46. The summed E-state index contributed by atoms with van der Waals surface area (Å²) in [6.45, 7) is 0.874. The fourth-order valence-electron chi connectivity index (χ4n) is 3.74. The number of amides is 1. The van der Waals surface area contributed by atoms with Crippen molar-refractivity contribution in [2.75, 3.05) is 34.3 Å². The van der Waals surface area contributed by atoms with E-state index in [2.05, 4.69) is 0 Å². The number of methoxy groups -OCH3 is 1. The van der Waals surface area contributed by atoms with Gasteiger partial charge in [-0.1, -0.05) is 41.4 Å². The number of Topliss-reactive ketones (excluding diaryl/α,β-unsaturated/α-hetero) is 1. The first-order valence-electron chi connectivity index (χ1n) is 9.88. The maximum absolute atomic E-state index is 14.8. The molecular weight excluding hydrogens is 458 g/mol. The zero-order chi connectivity index (χ0) is 23.6. The van der Waals surface area contributed by atoms with E-state index < -0.39 is 29.3 Å². The van der Waals surface area contributed by atoms with Crippen LogP contribution >= 0.6 is 23.2 Å². The number of carbonyl (C=O) groups excluding carboxylic acids is 2. The van der Waals surface area contributed by atoms with Gasteiger partial charge in [0.2, 0.25) is 0 Å². The molecule has 9 heteroatoms. The lowest BCUT2D eigenvalue weighted by Gasteiger charge is -2.26. The first-order valence-corrected chi connectivity index (χ1v) is 10.6. The monoisotopic (exact) mass is 480 g/mol. The minimum atomic E-state index is -1.09. The number of likely N-dealkylation sites (tertiary alicyclic amines) is 1. The topological polar surface area (TPSA) is 70.1 Å². The zero-order valence-corrected chi connectivity index (χ0v) is 19.4. The lowest BCUT2D eigenvalue weighted by Crippen LogP contribution is -2.32. The van der Waals surface area contributed by atoms with Crippen LogP contribution in [0.3, 0.4) is 0 Å². The third-order valence-corrected chi connectivity index (χ3v) is 5.78. The van der Waals surface area contributed by atoms with Gasteiger partial charge in [0.15, 0.2) is 5.75 Å². The van der Waals surface area contributed by atoms with Crippen molar-refractivity contribution in [3.63, 3.8) is 0 Å². The number of hydrogen-bond donors (Lipinski definition) is 1. The molecule has 3 rings (SSSR count). The second-order valence-electron chi connectivity index (χ2n) is 7.64. The molecule has 2 aromatic rings. The van der Waals surface area contributed by atoms with Gasteiger partial charge < -0.3 is 19.6 Å². The molecule has 6 nitrogen and oxygen atoms in total. The Morgan fingerprint density at radius 2 is 1.81 bits per heavy atom. The fraction of sp³-hybridized carbons (Fsp3) is 0.304. The predicted molar refractivity (Wildman–Crippen MR) is 122 cm³/mol. The van der Waals surface area contributed by atoms with Crippen molar-refractivity contribution in [1.29, 1.82) is 0 Å². The van der Waals surface area contributed by atoms with Crippen molar-refractivity contribution in [2.45, 2.75) is 12.5 Å². The molecule has 1 saturated heterocycles. The number of halogens is 3. The van der Waals surface area contributed by atoms with Crippen LogP contribution in [0, 0.1) is 5.82 Å². The summed E-state index contributed by atoms with van der Waals surface area (Å²) in [6, 6.07) is 7.53. The van der Waals surface area contributed by atoms with Crippen LogP contribution in [-0.2, 0) is 9.59 Å². The molecule has 1 amide bonds.